The first kappa shape index (κ1) is 17.9. The van der Waals surface area contributed by atoms with Crippen molar-refractivity contribution in [1.29, 1.82) is 0 Å². The molecule has 1 saturated carbocycles. The van der Waals surface area contributed by atoms with E-state index in [0.29, 0.717) is 31.1 Å². The summed E-state index contributed by atoms with van der Waals surface area (Å²) in [6.07, 6.45) is 5.46. The van der Waals surface area contributed by atoms with Crippen LogP contribution in [0, 0.1) is 0 Å². The molecule has 0 unspecified atom stereocenters. The Bertz CT molecular complexity index is 780. The average molecular weight is 371 g/mol. The van der Waals surface area contributed by atoms with E-state index in [2.05, 4.69) is 32.1 Å². The van der Waals surface area contributed by atoms with Gasteiger partial charge in [-0.2, -0.15) is 4.98 Å². The summed E-state index contributed by atoms with van der Waals surface area (Å²) in [5.74, 6) is 1.45. The third kappa shape index (κ3) is 3.93. The molecular formula is C18H25N7O2. The van der Waals surface area contributed by atoms with Crippen LogP contribution in [0.2, 0.25) is 0 Å². The van der Waals surface area contributed by atoms with Crippen LogP contribution in [0.25, 0.3) is 11.3 Å². The summed E-state index contributed by atoms with van der Waals surface area (Å²) >= 11 is 0. The lowest BCUT2D eigenvalue weighted by Gasteiger charge is -2.36. The van der Waals surface area contributed by atoms with Gasteiger partial charge in [-0.3, -0.25) is 0 Å². The maximum Gasteiger partial charge on any atom is 0.229 e. The molecule has 1 aliphatic heterocycles. The summed E-state index contributed by atoms with van der Waals surface area (Å²) in [7, 11) is 1.97. The van der Waals surface area contributed by atoms with Crippen LogP contribution in [0.3, 0.4) is 0 Å². The highest BCUT2D eigenvalue weighted by Gasteiger charge is 2.30. The Morgan fingerprint density at radius 2 is 2.04 bits per heavy atom. The van der Waals surface area contributed by atoms with Crippen molar-refractivity contribution < 1.29 is 9.47 Å². The second kappa shape index (κ2) is 7.61. The molecule has 0 radical (unpaired) electrons. The van der Waals surface area contributed by atoms with Crippen molar-refractivity contribution in [3.8, 4) is 17.1 Å². The van der Waals surface area contributed by atoms with Gasteiger partial charge >= 0.3 is 0 Å². The normalized spacial score (nSPS) is 25.1. The molecule has 0 spiro atoms. The van der Waals surface area contributed by atoms with Crippen molar-refractivity contribution >= 4 is 11.9 Å². The minimum atomic E-state index is 0.169. The highest BCUT2D eigenvalue weighted by Crippen LogP contribution is 2.29. The van der Waals surface area contributed by atoms with E-state index in [1.165, 1.54) is 0 Å². The van der Waals surface area contributed by atoms with Crippen LogP contribution >= 0.6 is 0 Å². The zero-order valence-electron chi connectivity index (χ0n) is 15.6. The number of nitrogen functional groups attached to an aromatic ring is 1. The number of anilines is 2. The van der Waals surface area contributed by atoms with Gasteiger partial charge in [0, 0.05) is 36.6 Å². The third-order valence-corrected chi connectivity index (χ3v) is 5.07. The van der Waals surface area contributed by atoms with E-state index in [0.717, 1.165) is 30.6 Å². The van der Waals surface area contributed by atoms with Gasteiger partial charge in [0.2, 0.25) is 17.8 Å². The van der Waals surface area contributed by atoms with Gasteiger partial charge in [0.05, 0.1) is 24.9 Å². The lowest BCUT2D eigenvalue weighted by Crippen LogP contribution is -2.46. The Kier molecular flexibility index (Phi) is 5.04. The van der Waals surface area contributed by atoms with Gasteiger partial charge < -0.3 is 25.4 Å². The molecule has 144 valence electrons. The fourth-order valence-electron chi connectivity index (χ4n) is 3.31. The zero-order valence-corrected chi connectivity index (χ0v) is 15.6. The number of hydrogen-bond donors (Lipinski definition) is 2. The van der Waals surface area contributed by atoms with Crippen molar-refractivity contribution in [2.45, 2.75) is 38.0 Å². The average Bonchev–Trinajstić information content (AvgIpc) is 2.65. The fourth-order valence-corrected chi connectivity index (χ4v) is 3.31. The van der Waals surface area contributed by atoms with Crippen molar-refractivity contribution in [3.05, 3.63) is 18.5 Å². The molecule has 0 bridgehead atoms. The first-order valence-corrected chi connectivity index (χ1v) is 9.27. The molecule has 0 amide bonds. The smallest absolute Gasteiger partial charge is 0.229 e. The topological polar surface area (TPSA) is 111 Å². The minimum Gasteiger partial charge on any atom is -0.474 e. The van der Waals surface area contributed by atoms with Crippen molar-refractivity contribution in [2.75, 3.05) is 37.4 Å². The molecule has 2 fully saturated rings. The summed E-state index contributed by atoms with van der Waals surface area (Å²) in [5.41, 5.74) is 7.11. The Hall–Kier alpha value is -2.52. The molecule has 1 atom stereocenters. The Labute approximate surface area is 158 Å². The maximum atomic E-state index is 6.12. The van der Waals surface area contributed by atoms with E-state index in [9.17, 15) is 0 Å². The van der Waals surface area contributed by atoms with E-state index in [1.54, 1.807) is 12.4 Å². The highest BCUT2D eigenvalue weighted by molar-refractivity contribution is 5.60. The van der Waals surface area contributed by atoms with Crippen molar-refractivity contribution in [1.82, 2.24) is 25.3 Å². The summed E-state index contributed by atoms with van der Waals surface area (Å²) in [6.45, 7) is 4.16. The van der Waals surface area contributed by atoms with Crippen LogP contribution in [0.1, 0.15) is 19.8 Å². The number of morpholine rings is 1. The van der Waals surface area contributed by atoms with Gasteiger partial charge in [-0.05, 0) is 26.8 Å². The van der Waals surface area contributed by atoms with E-state index >= 15 is 0 Å². The zero-order chi connectivity index (χ0) is 18.8. The minimum absolute atomic E-state index is 0.169. The van der Waals surface area contributed by atoms with Crippen LogP contribution < -0.4 is 20.7 Å². The Morgan fingerprint density at radius 1 is 1.26 bits per heavy atom. The molecule has 0 aromatic carbocycles. The molecule has 27 heavy (non-hydrogen) atoms. The van der Waals surface area contributed by atoms with Crippen molar-refractivity contribution in [3.63, 3.8) is 0 Å². The predicted octanol–water partition coefficient (Wildman–Crippen LogP) is 0.870. The number of ether oxygens (including phenoxy) is 2. The summed E-state index contributed by atoms with van der Waals surface area (Å²) in [5, 5.41) is 3.27. The highest BCUT2D eigenvalue weighted by atomic mass is 16.5. The maximum absolute atomic E-state index is 6.12. The van der Waals surface area contributed by atoms with Gasteiger partial charge in [0.25, 0.3) is 0 Å². The molecule has 2 aliphatic rings. The van der Waals surface area contributed by atoms with E-state index in [4.69, 9.17) is 20.2 Å². The van der Waals surface area contributed by atoms with E-state index in [-0.39, 0.29) is 18.1 Å². The molecule has 4 rings (SSSR count). The summed E-state index contributed by atoms with van der Waals surface area (Å²) in [6, 6.07) is 2.55. The standard InChI is InChI=1S/C18H25N7O2/c1-11-10-26-4-3-25(11)18-23-15(12-8-21-17(19)22-9-12)7-16(24-18)27-14-5-13(6-14)20-2/h7-9,11,13-14,20H,3-6,10H2,1-2H3,(H2,19,21,22)/t11-,13-,14-/m0/s1. The van der Waals surface area contributed by atoms with Gasteiger partial charge in [-0.25, -0.2) is 15.0 Å². The van der Waals surface area contributed by atoms with Crippen molar-refractivity contribution in [2.24, 2.45) is 0 Å². The van der Waals surface area contributed by atoms with Crippen LogP contribution in [0.15, 0.2) is 18.5 Å². The quantitative estimate of drug-likeness (QED) is 0.790. The van der Waals surface area contributed by atoms with Crippen LogP contribution in [0.5, 0.6) is 5.88 Å². The number of rotatable bonds is 5. The third-order valence-electron chi connectivity index (χ3n) is 5.07. The second-order valence-electron chi connectivity index (χ2n) is 7.04. The Balaban J connectivity index is 1.64. The number of nitrogens with zero attached hydrogens (tertiary/aromatic N) is 5. The molecule has 9 heteroatoms. The molecule has 9 nitrogen and oxygen atoms in total. The van der Waals surface area contributed by atoms with Gasteiger partial charge in [0.1, 0.15) is 6.10 Å². The lowest BCUT2D eigenvalue weighted by molar-refractivity contribution is 0.0830. The van der Waals surface area contributed by atoms with E-state index in [1.807, 2.05) is 13.1 Å². The monoisotopic (exact) mass is 371 g/mol. The SMILES string of the molecule is CN[C@H]1C[C@H](Oc2cc(-c3cnc(N)nc3)nc(N3CCOC[C@@H]3C)n2)C1. The molecular weight excluding hydrogens is 346 g/mol. The summed E-state index contributed by atoms with van der Waals surface area (Å²) in [4.78, 5) is 19.7. The second-order valence-corrected chi connectivity index (χ2v) is 7.04. The molecule has 2 aromatic rings. The Morgan fingerprint density at radius 3 is 2.74 bits per heavy atom. The first-order valence-electron chi connectivity index (χ1n) is 9.27. The number of nitrogens with two attached hydrogens (primary N) is 1. The van der Waals surface area contributed by atoms with Gasteiger partial charge in [0.15, 0.2) is 0 Å². The van der Waals surface area contributed by atoms with Crippen LogP contribution in [0.4, 0.5) is 11.9 Å². The van der Waals surface area contributed by atoms with Crippen LogP contribution in [-0.2, 0) is 4.74 Å². The number of nitrogens with one attached hydrogen (secondary N) is 1. The van der Waals surface area contributed by atoms with Gasteiger partial charge in [-0.1, -0.05) is 0 Å². The van der Waals surface area contributed by atoms with Gasteiger partial charge in [-0.15, -0.1) is 0 Å². The summed E-state index contributed by atoms with van der Waals surface area (Å²) < 4.78 is 11.7. The molecule has 2 aromatic heterocycles. The fraction of sp³-hybridized carbons (Fsp3) is 0.556. The molecule has 3 heterocycles. The molecule has 3 N–H and O–H groups in total. The number of aromatic nitrogens is 4. The first-order chi connectivity index (χ1) is 13.1. The molecule has 1 aliphatic carbocycles. The number of hydrogen-bond acceptors (Lipinski definition) is 9. The predicted molar refractivity (Wildman–Crippen MR) is 102 cm³/mol. The largest absolute Gasteiger partial charge is 0.474 e. The lowest BCUT2D eigenvalue weighted by atomic mass is 9.89. The van der Waals surface area contributed by atoms with Crippen LogP contribution in [-0.4, -0.2) is 64.9 Å². The molecule has 1 saturated heterocycles. The van der Waals surface area contributed by atoms with E-state index < -0.39 is 0 Å².